The van der Waals surface area contributed by atoms with Gasteiger partial charge >= 0.3 is 0 Å². The lowest BCUT2D eigenvalue weighted by Crippen LogP contribution is -2.51. The molecule has 122 valence electrons. The zero-order valence-electron chi connectivity index (χ0n) is 12.6. The highest BCUT2D eigenvalue weighted by Crippen LogP contribution is 2.37. The second-order valence-electron chi connectivity index (χ2n) is 4.49. The number of rotatable bonds is 5. The molecule has 0 saturated carbocycles. The molecule has 0 atom stereocenters. The van der Waals surface area contributed by atoms with Gasteiger partial charge in [-0.25, -0.2) is 0 Å². The number of hydrogen-bond donors (Lipinski definition) is 2. The highest BCUT2D eigenvalue weighted by atomic mass is 35.5. The van der Waals surface area contributed by atoms with Gasteiger partial charge < -0.3 is 9.47 Å². The topological polar surface area (TPSA) is 76.7 Å². The Labute approximate surface area is 143 Å². The first kappa shape index (κ1) is 17.2. The van der Waals surface area contributed by atoms with Gasteiger partial charge in [0.05, 0.1) is 18.2 Å². The summed E-state index contributed by atoms with van der Waals surface area (Å²) in [5.41, 5.74) is 0.469. The Morgan fingerprint density at radius 3 is 2.30 bits per heavy atom. The van der Waals surface area contributed by atoms with Crippen LogP contribution in [-0.4, -0.2) is 30.1 Å². The molecular weight excluding hydrogens is 340 g/mol. The van der Waals surface area contributed by atoms with Crippen molar-refractivity contribution >= 4 is 46.8 Å². The quantitative estimate of drug-likeness (QED) is 0.481. The van der Waals surface area contributed by atoms with Crippen molar-refractivity contribution in [2.24, 2.45) is 0 Å². The fourth-order valence-corrected chi connectivity index (χ4v) is 2.45. The van der Waals surface area contributed by atoms with Crippen LogP contribution in [0.15, 0.2) is 17.7 Å². The Balaban J connectivity index is 2.43. The highest BCUT2D eigenvalue weighted by Gasteiger charge is 2.26. The van der Waals surface area contributed by atoms with Crippen molar-refractivity contribution in [3.63, 3.8) is 0 Å². The van der Waals surface area contributed by atoms with Gasteiger partial charge in [0.1, 0.15) is 5.57 Å². The Kier molecular flexibility index (Phi) is 5.57. The summed E-state index contributed by atoms with van der Waals surface area (Å²) in [5.74, 6) is -0.263. The first-order valence-corrected chi connectivity index (χ1v) is 7.72. The number of carbonyl (C=O) groups is 2. The zero-order valence-corrected chi connectivity index (χ0v) is 14.1. The average molecular weight is 355 g/mol. The van der Waals surface area contributed by atoms with Gasteiger partial charge in [0.25, 0.3) is 11.8 Å². The van der Waals surface area contributed by atoms with Gasteiger partial charge in [-0.05, 0) is 49.8 Å². The molecule has 1 fully saturated rings. The van der Waals surface area contributed by atoms with Gasteiger partial charge in [0.2, 0.25) is 0 Å². The lowest BCUT2D eigenvalue weighted by atomic mass is 10.1. The van der Waals surface area contributed by atoms with Crippen LogP contribution in [-0.2, 0) is 9.59 Å². The van der Waals surface area contributed by atoms with Gasteiger partial charge in [-0.15, -0.1) is 0 Å². The fourth-order valence-electron chi connectivity index (χ4n) is 1.99. The Bertz CT molecular complexity index is 681. The van der Waals surface area contributed by atoms with Crippen LogP contribution in [0.3, 0.4) is 0 Å². The number of halogens is 1. The molecule has 0 unspecified atom stereocenters. The maximum atomic E-state index is 11.9. The predicted molar refractivity (Wildman–Crippen MR) is 90.7 cm³/mol. The average Bonchev–Trinajstić information content (AvgIpc) is 2.47. The molecule has 2 rings (SSSR count). The summed E-state index contributed by atoms with van der Waals surface area (Å²) >= 11 is 11.0. The first-order chi connectivity index (χ1) is 11.0. The van der Waals surface area contributed by atoms with Crippen molar-refractivity contribution in [3.05, 3.63) is 28.3 Å². The lowest BCUT2D eigenvalue weighted by Gasteiger charge is -2.17. The van der Waals surface area contributed by atoms with E-state index in [0.29, 0.717) is 35.3 Å². The van der Waals surface area contributed by atoms with Gasteiger partial charge in [0, 0.05) is 0 Å². The number of ether oxygens (including phenoxy) is 2. The number of amides is 2. The molecule has 0 bridgehead atoms. The van der Waals surface area contributed by atoms with Crippen molar-refractivity contribution < 1.29 is 19.1 Å². The number of nitrogens with one attached hydrogen (secondary N) is 2. The minimum atomic E-state index is -0.568. The van der Waals surface area contributed by atoms with E-state index in [9.17, 15) is 9.59 Å². The summed E-state index contributed by atoms with van der Waals surface area (Å²) < 4.78 is 11.0. The molecule has 1 aromatic rings. The maximum absolute atomic E-state index is 11.9. The summed E-state index contributed by atoms with van der Waals surface area (Å²) in [6, 6.07) is 3.25. The van der Waals surface area contributed by atoms with Crippen LogP contribution in [0.5, 0.6) is 11.5 Å². The van der Waals surface area contributed by atoms with Crippen LogP contribution in [0.1, 0.15) is 19.4 Å². The van der Waals surface area contributed by atoms with E-state index < -0.39 is 11.8 Å². The third-order valence-corrected chi connectivity index (χ3v) is 3.36. The van der Waals surface area contributed by atoms with E-state index in [4.69, 9.17) is 33.3 Å². The lowest BCUT2D eigenvalue weighted by molar-refractivity contribution is -0.123. The molecule has 1 heterocycles. The molecule has 1 aliphatic rings. The molecule has 2 N–H and O–H groups in total. The van der Waals surface area contributed by atoms with Crippen LogP contribution in [0.4, 0.5) is 0 Å². The molecule has 0 aromatic heterocycles. The van der Waals surface area contributed by atoms with Crippen molar-refractivity contribution in [1.29, 1.82) is 0 Å². The van der Waals surface area contributed by atoms with Crippen LogP contribution in [0.2, 0.25) is 5.02 Å². The molecule has 1 saturated heterocycles. The monoisotopic (exact) mass is 354 g/mol. The van der Waals surface area contributed by atoms with Gasteiger partial charge in [-0.1, -0.05) is 11.6 Å². The number of carbonyl (C=O) groups excluding carboxylic acids is 2. The Morgan fingerprint density at radius 1 is 1.13 bits per heavy atom. The number of benzene rings is 1. The molecule has 2 amide bonds. The Hall–Kier alpha value is -2.12. The second-order valence-corrected chi connectivity index (χ2v) is 5.31. The number of thiocarbonyl (C=S) groups is 1. The minimum Gasteiger partial charge on any atom is -0.490 e. The van der Waals surface area contributed by atoms with Crippen molar-refractivity contribution in [2.45, 2.75) is 13.8 Å². The molecule has 23 heavy (non-hydrogen) atoms. The third-order valence-electron chi connectivity index (χ3n) is 2.87. The molecule has 1 aliphatic heterocycles. The summed E-state index contributed by atoms with van der Waals surface area (Å²) in [7, 11) is 0. The largest absolute Gasteiger partial charge is 0.490 e. The molecule has 0 spiro atoms. The van der Waals surface area contributed by atoms with Gasteiger partial charge in [-0.3, -0.25) is 20.2 Å². The molecule has 1 aromatic carbocycles. The summed E-state index contributed by atoms with van der Waals surface area (Å²) in [4.78, 5) is 23.7. The van der Waals surface area contributed by atoms with E-state index >= 15 is 0 Å². The van der Waals surface area contributed by atoms with Crippen LogP contribution in [0.25, 0.3) is 6.08 Å². The molecule has 8 heteroatoms. The van der Waals surface area contributed by atoms with E-state index in [2.05, 4.69) is 10.6 Å². The van der Waals surface area contributed by atoms with Gasteiger partial charge in [0.15, 0.2) is 16.6 Å². The smallest absolute Gasteiger partial charge is 0.263 e. The third kappa shape index (κ3) is 4.00. The van der Waals surface area contributed by atoms with E-state index in [1.807, 2.05) is 13.8 Å². The van der Waals surface area contributed by atoms with Crippen LogP contribution < -0.4 is 20.1 Å². The van der Waals surface area contributed by atoms with Gasteiger partial charge in [-0.2, -0.15) is 0 Å². The molecule has 6 nitrogen and oxygen atoms in total. The number of hydrogen-bond acceptors (Lipinski definition) is 5. The fraction of sp³-hybridized carbons (Fsp3) is 0.267. The molecule has 0 radical (unpaired) electrons. The van der Waals surface area contributed by atoms with Crippen molar-refractivity contribution in [2.75, 3.05) is 13.2 Å². The maximum Gasteiger partial charge on any atom is 0.263 e. The zero-order chi connectivity index (χ0) is 17.0. The summed E-state index contributed by atoms with van der Waals surface area (Å²) in [6.45, 7) is 4.52. The second kappa shape index (κ2) is 7.43. The normalized spacial score (nSPS) is 14.2. The molecular formula is C15H15ClN2O4S. The SMILES string of the molecule is CCOc1cc(C=C2C(=O)NC(=S)NC2=O)cc(Cl)c1OCC. The van der Waals surface area contributed by atoms with Crippen LogP contribution >= 0.6 is 23.8 Å². The highest BCUT2D eigenvalue weighted by molar-refractivity contribution is 7.80. The van der Waals surface area contributed by atoms with E-state index in [1.165, 1.54) is 6.08 Å². The van der Waals surface area contributed by atoms with Crippen molar-refractivity contribution in [1.82, 2.24) is 10.6 Å². The predicted octanol–water partition coefficient (Wildman–Crippen LogP) is 2.05. The van der Waals surface area contributed by atoms with E-state index in [-0.39, 0.29) is 10.7 Å². The minimum absolute atomic E-state index is 0.0168. The van der Waals surface area contributed by atoms with Crippen LogP contribution in [0, 0.1) is 0 Å². The standard InChI is InChI=1S/C15H15ClN2O4S/c1-3-21-11-7-8(6-10(16)12(11)22-4-2)5-9-13(19)17-15(23)18-14(9)20/h5-7H,3-4H2,1-2H3,(H2,17,18,19,20,23). The van der Waals surface area contributed by atoms with E-state index in [0.717, 1.165) is 0 Å². The van der Waals surface area contributed by atoms with E-state index in [1.54, 1.807) is 12.1 Å². The van der Waals surface area contributed by atoms with Crippen molar-refractivity contribution in [3.8, 4) is 11.5 Å². The first-order valence-electron chi connectivity index (χ1n) is 6.93. The molecule has 0 aliphatic carbocycles. The summed E-state index contributed by atoms with van der Waals surface area (Å²) in [6.07, 6.45) is 1.41. The Morgan fingerprint density at radius 2 is 1.74 bits per heavy atom. The summed E-state index contributed by atoms with van der Waals surface area (Å²) in [5, 5.41) is 5.05.